The first kappa shape index (κ1) is 18.0. The fourth-order valence-corrected chi connectivity index (χ4v) is 3.63. The number of hydrogen-bond donors (Lipinski definition) is 2. The van der Waals surface area contributed by atoms with Crippen LogP contribution in [-0.4, -0.2) is 32.9 Å². The van der Waals surface area contributed by atoms with Gasteiger partial charge in [-0.05, 0) is 42.5 Å². The number of carbonyl (C=O) groups is 3. The van der Waals surface area contributed by atoms with Gasteiger partial charge in [-0.25, -0.2) is 4.98 Å². The van der Waals surface area contributed by atoms with Gasteiger partial charge in [0.05, 0.1) is 11.4 Å². The van der Waals surface area contributed by atoms with E-state index in [9.17, 15) is 14.4 Å². The van der Waals surface area contributed by atoms with E-state index in [0.717, 1.165) is 4.90 Å². The molecule has 28 heavy (non-hydrogen) atoms. The molecule has 2 heterocycles. The molecule has 0 radical (unpaired) electrons. The van der Waals surface area contributed by atoms with Crippen LogP contribution in [0.2, 0.25) is 0 Å². The molecule has 8 heteroatoms. The minimum absolute atomic E-state index is 0.0805. The number of ketones is 1. The van der Waals surface area contributed by atoms with Crippen molar-refractivity contribution in [3.05, 3.63) is 71.8 Å². The van der Waals surface area contributed by atoms with Crippen LogP contribution < -0.4 is 10.6 Å². The molecule has 0 saturated carbocycles. The van der Waals surface area contributed by atoms with Crippen molar-refractivity contribution in [2.75, 3.05) is 16.4 Å². The van der Waals surface area contributed by atoms with Gasteiger partial charge in [-0.1, -0.05) is 0 Å². The maximum absolute atomic E-state index is 12.5. The van der Waals surface area contributed by atoms with Crippen LogP contribution in [-0.2, 0) is 11.8 Å². The van der Waals surface area contributed by atoms with Gasteiger partial charge < -0.3 is 15.2 Å². The Kier molecular flexibility index (Phi) is 4.70. The van der Waals surface area contributed by atoms with Gasteiger partial charge in [-0.2, -0.15) is 0 Å². The number of benzene rings is 2. The van der Waals surface area contributed by atoms with Crippen LogP contribution in [0.1, 0.15) is 26.5 Å². The highest BCUT2D eigenvalue weighted by Gasteiger charge is 2.18. The molecule has 2 amide bonds. The predicted molar refractivity (Wildman–Crippen MR) is 107 cm³/mol. The standard InChI is InChI=1S/C20H16N4O3S/c1-24-9-8-21-19(24)18(26)12-2-5-14(6-3-12)22-20(27)13-4-7-16-15(10-13)23-17(25)11-28-16/h2-10H,11H2,1H3,(H,22,27)(H,23,25). The summed E-state index contributed by atoms with van der Waals surface area (Å²) in [7, 11) is 1.76. The first-order valence-corrected chi connectivity index (χ1v) is 9.50. The summed E-state index contributed by atoms with van der Waals surface area (Å²) in [6, 6.07) is 11.8. The minimum atomic E-state index is -0.296. The molecular formula is C20H16N4O3S. The smallest absolute Gasteiger partial charge is 0.255 e. The average molecular weight is 392 g/mol. The van der Waals surface area contributed by atoms with Crippen molar-refractivity contribution in [2.24, 2.45) is 7.05 Å². The predicted octanol–water partition coefficient (Wildman–Crippen LogP) is 2.95. The van der Waals surface area contributed by atoms with E-state index >= 15 is 0 Å². The fraction of sp³-hybridized carbons (Fsp3) is 0.100. The highest BCUT2D eigenvalue weighted by Crippen LogP contribution is 2.32. The van der Waals surface area contributed by atoms with E-state index in [0.29, 0.717) is 34.1 Å². The van der Waals surface area contributed by atoms with Gasteiger partial charge in [-0.3, -0.25) is 14.4 Å². The molecule has 0 fully saturated rings. The highest BCUT2D eigenvalue weighted by atomic mass is 32.2. The first-order valence-electron chi connectivity index (χ1n) is 8.51. The van der Waals surface area contributed by atoms with E-state index in [4.69, 9.17) is 0 Å². The SMILES string of the molecule is Cn1ccnc1C(=O)c1ccc(NC(=O)c2ccc3c(c2)NC(=O)CS3)cc1. The normalized spacial score (nSPS) is 12.8. The summed E-state index contributed by atoms with van der Waals surface area (Å²) >= 11 is 1.44. The van der Waals surface area contributed by atoms with E-state index in [2.05, 4.69) is 15.6 Å². The van der Waals surface area contributed by atoms with Crippen LogP contribution in [0, 0.1) is 0 Å². The largest absolute Gasteiger partial charge is 0.331 e. The molecule has 0 aliphatic carbocycles. The maximum atomic E-state index is 12.5. The zero-order valence-corrected chi connectivity index (χ0v) is 15.7. The summed E-state index contributed by atoms with van der Waals surface area (Å²) in [5.74, 6) is 0.167. The Hall–Kier alpha value is -3.39. The number of aromatic nitrogens is 2. The molecule has 4 rings (SSSR count). The Morgan fingerprint density at radius 3 is 2.61 bits per heavy atom. The summed E-state index contributed by atoms with van der Waals surface area (Å²) in [5, 5.41) is 5.57. The van der Waals surface area contributed by atoms with Crippen molar-refractivity contribution in [1.29, 1.82) is 0 Å². The van der Waals surface area contributed by atoms with Crippen LogP contribution in [0.4, 0.5) is 11.4 Å². The number of anilines is 2. The molecule has 0 saturated heterocycles. The highest BCUT2D eigenvalue weighted by molar-refractivity contribution is 8.00. The van der Waals surface area contributed by atoms with Gasteiger partial charge in [0.2, 0.25) is 11.7 Å². The number of carbonyl (C=O) groups excluding carboxylic acids is 3. The summed E-state index contributed by atoms with van der Waals surface area (Å²) in [4.78, 5) is 41.5. The van der Waals surface area contributed by atoms with Crippen molar-refractivity contribution < 1.29 is 14.4 Å². The Morgan fingerprint density at radius 2 is 1.89 bits per heavy atom. The molecule has 1 aromatic heterocycles. The second-order valence-electron chi connectivity index (χ2n) is 6.27. The number of aryl methyl sites for hydroxylation is 1. The van der Waals surface area contributed by atoms with Crippen LogP contribution >= 0.6 is 11.8 Å². The van der Waals surface area contributed by atoms with Crippen molar-refractivity contribution in [3.63, 3.8) is 0 Å². The van der Waals surface area contributed by atoms with Gasteiger partial charge in [0.1, 0.15) is 0 Å². The van der Waals surface area contributed by atoms with Crippen molar-refractivity contribution in [3.8, 4) is 0 Å². The van der Waals surface area contributed by atoms with E-state index < -0.39 is 0 Å². The molecule has 3 aromatic rings. The molecule has 1 aliphatic heterocycles. The van der Waals surface area contributed by atoms with Crippen LogP contribution in [0.15, 0.2) is 59.8 Å². The lowest BCUT2D eigenvalue weighted by Crippen LogP contribution is -2.20. The number of hydrogen-bond acceptors (Lipinski definition) is 5. The van der Waals surface area contributed by atoms with E-state index in [1.807, 2.05) is 6.07 Å². The van der Waals surface area contributed by atoms with Crippen LogP contribution in [0.5, 0.6) is 0 Å². The number of fused-ring (bicyclic) bond motifs is 1. The number of nitrogens with zero attached hydrogens (tertiary/aromatic N) is 2. The zero-order chi connectivity index (χ0) is 19.7. The van der Waals surface area contributed by atoms with Gasteiger partial charge >= 0.3 is 0 Å². The molecule has 140 valence electrons. The van der Waals surface area contributed by atoms with E-state index in [-0.39, 0.29) is 17.6 Å². The second kappa shape index (κ2) is 7.32. The number of nitrogens with one attached hydrogen (secondary N) is 2. The second-order valence-corrected chi connectivity index (χ2v) is 7.29. The molecule has 2 N–H and O–H groups in total. The summed E-state index contributed by atoms with van der Waals surface area (Å²) in [6.07, 6.45) is 3.28. The molecule has 0 atom stereocenters. The molecule has 1 aliphatic rings. The molecule has 0 spiro atoms. The molecule has 2 aromatic carbocycles. The lowest BCUT2D eigenvalue weighted by atomic mass is 10.1. The number of rotatable bonds is 4. The van der Waals surface area contributed by atoms with Crippen molar-refractivity contribution >= 4 is 40.7 Å². The van der Waals surface area contributed by atoms with Crippen molar-refractivity contribution in [2.45, 2.75) is 4.90 Å². The monoisotopic (exact) mass is 392 g/mol. The molecular weight excluding hydrogens is 376 g/mol. The van der Waals surface area contributed by atoms with Crippen LogP contribution in [0.25, 0.3) is 0 Å². The number of thioether (sulfide) groups is 1. The third-order valence-electron chi connectivity index (χ3n) is 4.30. The van der Waals surface area contributed by atoms with Gasteiger partial charge in [-0.15, -0.1) is 11.8 Å². The number of amides is 2. The summed E-state index contributed by atoms with van der Waals surface area (Å²) in [6.45, 7) is 0. The van der Waals surface area contributed by atoms with Gasteiger partial charge in [0.25, 0.3) is 5.91 Å². The Bertz CT molecular complexity index is 1090. The van der Waals surface area contributed by atoms with Gasteiger partial charge in [0, 0.05) is 41.2 Å². The lowest BCUT2D eigenvalue weighted by Gasteiger charge is -2.17. The Morgan fingerprint density at radius 1 is 1.14 bits per heavy atom. The quantitative estimate of drug-likeness (QED) is 0.666. The average Bonchev–Trinajstić information content (AvgIpc) is 3.13. The zero-order valence-electron chi connectivity index (χ0n) is 14.9. The van der Waals surface area contributed by atoms with Crippen molar-refractivity contribution in [1.82, 2.24) is 9.55 Å². The lowest BCUT2D eigenvalue weighted by molar-refractivity contribution is -0.113. The fourth-order valence-electron chi connectivity index (χ4n) is 2.85. The van der Waals surface area contributed by atoms with E-state index in [1.54, 1.807) is 60.4 Å². The first-order chi connectivity index (χ1) is 13.5. The Balaban J connectivity index is 1.48. The minimum Gasteiger partial charge on any atom is -0.331 e. The van der Waals surface area contributed by atoms with Gasteiger partial charge in [0.15, 0.2) is 5.82 Å². The third kappa shape index (κ3) is 3.54. The summed E-state index contributed by atoms with van der Waals surface area (Å²) < 4.78 is 1.66. The topological polar surface area (TPSA) is 93.1 Å². The van der Waals surface area contributed by atoms with E-state index in [1.165, 1.54) is 11.8 Å². The maximum Gasteiger partial charge on any atom is 0.255 e. The summed E-state index contributed by atoms with van der Waals surface area (Å²) in [5.41, 5.74) is 2.14. The third-order valence-corrected chi connectivity index (χ3v) is 5.38. The molecule has 0 bridgehead atoms. The number of imidazole rings is 1. The molecule has 0 unspecified atom stereocenters. The van der Waals surface area contributed by atoms with Crippen LogP contribution in [0.3, 0.4) is 0 Å². The molecule has 7 nitrogen and oxygen atoms in total. The Labute approximate surface area is 165 Å².